The van der Waals surface area contributed by atoms with E-state index in [9.17, 15) is 19.8 Å². The maximum atomic E-state index is 13.9. The van der Waals surface area contributed by atoms with Crippen LogP contribution in [0.25, 0.3) is 0 Å². The number of hydrogen-bond donors (Lipinski definition) is 3. The van der Waals surface area contributed by atoms with Crippen molar-refractivity contribution in [1.29, 1.82) is 0 Å². The Morgan fingerprint density at radius 1 is 1.22 bits per heavy atom. The van der Waals surface area contributed by atoms with E-state index >= 15 is 0 Å². The van der Waals surface area contributed by atoms with Crippen molar-refractivity contribution in [2.45, 2.75) is 60.2 Å². The van der Waals surface area contributed by atoms with E-state index in [2.05, 4.69) is 10.2 Å². The largest absolute Gasteiger partial charge is 0.504 e. The number of ketones is 1. The van der Waals surface area contributed by atoms with Crippen LogP contribution in [-0.4, -0.2) is 63.9 Å². The van der Waals surface area contributed by atoms with Crippen molar-refractivity contribution in [3.8, 4) is 11.5 Å². The lowest BCUT2D eigenvalue weighted by atomic mass is 9.47. The quantitative estimate of drug-likeness (QED) is 0.423. The number of rotatable bonds is 5. The van der Waals surface area contributed by atoms with Gasteiger partial charge >= 0.3 is 0 Å². The molecule has 3 aliphatic carbocycles. The number of carbonyl (C=O) groups is 2. The fourth-order valence-corrected chi connectivity index (χ4v) is 7.84. The van der Waals surface area contributed by atoms with Crippen molar-refractivity contribution in [3.63, 3.8) is 0 Å². The highest BCUT2D eigenvalue weighted by atomic mass is 32.2. The molecule has 36 heavy (non-hydrogen) atoms. The van der Waals surface area contributed by atoms with Crippen LogP contribution >= 0.6 is 11.8 Å². The summed E-state index contributed by atoms with van der Waals surface area (Å²) in [5.41, 5.74) is 0.192. The second-order valence-corrected chi connectivity index (χ2v) is 12.0. The maximum absolute atomic E-state index is 13.9. The smallest absolute Gasteiger partial charge is 0.235 e. The summed E-state index contributed by atoms with van der Waals surface area (Å²) in [5, 5.41) is 26.2. The van der Waals surface area contributed by atoms with E-state index in [-0.39, 0.29) is 24.0 Å². The highest BCUT2D eigenvalue weighted by molar-refractivity contribution is 7.98. The van der Waals surface area contributed by atoms with E-state index in [0.29, 0.717) is 30.2 Å². The molecule has 2 bridgehead atoms. The molecule has 2 heterocycles. The Bertz CT molecular complexity index is 1280. The number of carbonyl (C=O) groups excluding carboxylic acids is 2. The van der Waals surface area contributed by atoms with Gasteiger partial charge in [-0.25, -0.2) is 0 Å². The van der Waals surface area contributed by atoms with E-state index in [1.165, 1.54) is 12.8 Å². The fraction of sp³-hybridized carbons (Fsp3) is 0.500. The molecule has 2 aromatic rings. The number of likely N-dealkylation sites (tertiary alicyclic amines) is 1. The molecule has 5 aliphatic rings. The molecule has 0 aromatic heterocycles. The zero-order valence-electron chi connectivity index (χ0n) is 20.2. The average molecular weight is 507 g/mol. The van der Waals surface area contributed by atoms with Gasteiger partial charge in [0.05, 0.1) is 11.0 Å². The molecule has 5 atom stereocenters. The Morgan fingerprint density at radius 3 is 2.72 bits per heavy atom. The Morgan fingerprint density at radius 2 is 2.00 bits per heavy atom. The van der Waals surface area contributed by atoms with Gasteiger partial charge in [0.2, 0.25) is 5.91 Å². The van der Waals surface area contributed by atoms with E-state index < -0.39 is 28.9 Å². The molecule has 1 amide bonds. The van der Waals surface area contributed by atoms with Crippen molar-refractivity contribution >= 4 is 29.1 Å². The Balaban J connectivity index is 1.29. The summed E-state index contributed by atoms with van der Waals surface area (Å²) in [6, 6.07) is 10.8. The number of piperidine rings is 1. The molecular formula is C28H30N2O5S. The van der Waals surface area contributed by atoms with E-state index in [1.54, 1.807) is 17.8 Å². The average Bonchev–Trinajstić information content (AvgIpc) is 3.61. The van der Waals surface area contributed by atoms with Gasteiger partial charge in [0, 0.05) is 28.7 Å². The van der Waals surface area contributed by atoms with Crippen LogP contribution in [0.4, 0.5) is 5.69 Å². The number of anilines is 1. The summed E-state index contributed by atoms with van der Waals surface area (Å²) >= 11 is 1.61. The molecule has 1 saturated heterocycles. The molecule has 7 rings (SSSR count). The fourth-order valence-electron chi connectivity index (χ4n) is 7.43. The van der Waals surface area contributed by atoms with Crippen LogP contribution in [-0.2, 0) is 21.4 Å². The Hall–Kier alpha value is -2.55. The summed E-state index contributed by atoms with van der Waals surface area (Å²) in [4.78, 5) is 30.9. The zero-order chi connectivity index (χ0) is 24.8. The number of benzene rings is 2. The van der Waals surface area contributed by atoms with Crippen molar-refractivity contribution < 1.29 is 24.5 Å². The molecule has 2 aliphatic heterocycles. The number of ether oxygens (including phenoxy) is 1. The topological polar surface area (TPSA) is 99.1 Å². The van der Waals surface area contributed by atoms with Crippen LogP contribution in [0.15, 0.2) is 41.3 Å². The van der Waals surface area contributed by atoms with E-state index in [0.717, 1.165) is 29.1 Å². The third kappa shape index (κ3) is 2.95. The highest BCUT2D eigenvalue weighted by Crippen LogP contribution is 2.65. The van der Waals surface area contributed by atoms with Crippen molar-refractivity contribution in [3.05, 3.63) is 47.5 Å². The second kappa shape index (κ2) is 7.73. The van der Waals surface area contributed by atoms with Gasteiger partial charge in [0.25, 0.3) is 0 Å². The summed E-state index contributed by atoms with van der Waals surface area (Å²) in [6.45, 7) is 1.70. The van der Waals surface area contributed by atoms with Crippen molar-refractivity contribution in [1.82, 2.24) is 4.90 Å². The number of hydrogen-bond acceptors (Lipinski definition) is 7. The van der Waals surface area contributed by atoms with E-state index in [1.807, 2.05) is 36.6 Å². The van der Waals surface area contributed by atoms with Crippen LogP contribution in [0.1, 0.15) is 36.8 Å². The monoisotopic (exact) mass is 506 g/mol. The Labute approximate surface area is 214 Å². The van der Waals surface area contributed by atoms with Crippen LogP contribution in [0, 0.1) is 11.8 Å². The predicted octanol–water partition coefficient (Wildman–Crippen LogP) is 3.11. The number of nitrogens with one attached hydrogen (secondary N) is 1. The maximum Gasteiger partial charge on any atom is 0.235 e. The van der Waals surface area contributed by atoms with Crippen molar-refractivity contribution in [2.24, 2.45) is 11.8 Å². The number of thioether (sulfide) groups is 1. The summed E-state index contributed by atoms with van der Waals surface area (Å²) in [6.07, 6.45) is 4.66. The van der Waals surface area contributed by atoms with Crippen LogP contribution < -0.4 is 10.1 Å². The lowest BCUT2D eigenvalue weighted by Crippen LogP contribution is -2.78. The van der Waals surface area contributed by atoms with Crippen molar-refractivity contribution in [2.75, 3.05) is 24.7 Å². The number of aliphatic hydroxyl groups is 1. The molecule has 7 nitrogen and oxygen atoms in total. The molecule has 3 fully saturated rings. The third-order valence-electron chi connectivity index (χ3n) is 9.30. The Kier molecular flexibility index (Phi) is 4.86. The van der Waals surface area contributed by atoms with Gasteiger partial charge < -0.3 is 20.3 Å². The first-order valence-corrected chi connectivity index (χ1v) is 14.1. The highest BCUT2D eigenvalue weighted by Gasteiger charge is 2.75. The summed E-state index contributed by atoms with van der Waals surface area (Å²) in [5.74, 6) is -0.802. The number of nitrogens with zero attached hydrogens (tertiary/aromatic N) is 1. The minimum atomic E-state index is -1.31. The van der Waals surface area contributed by atoms with Crippen LogP contribution in [0.2, 0.25) is 0 Å². The first-order valence-electron chi connectivity index (χ1n) is 12.8. The predicted molar refractivity (Wildman–Crippen MR) is 136 cm³/mol. The van der Waals surface area contributed by atoms with Gasteiger partial charge in [0.15, 0.2) is 23.4 Å². The van der Waals surface area contributed by atoms with E-state index in [4.69, 9.17) is 4.74 Å². The zero-order valence-corrected chi connectivity index (χ0v) is 21.0. The number of aromatic hydroxyl groups is 1. The number of amides is 1. The lowest BCUT2D eigenvalue weighted by molar-refractivity contribution is -0.197. The van der Waals surface area contributed by atoms with Gasteiger partial charge in [-0.05, 0) is 86.7 Å². The van der Waals surface area contributed by atoms with Crippen LogP contribution in [0.3, 0.4) is 0 Å². The van der Waals surface area contributed by atoms with Crippen LogP contribution in [0.5, 0.6) is 11.5 Å². The third-order valence-corrected chi connectivity index (χ3v) is 10.0. The molecule has 2 aromatic carbocycles. The van der Waals surface area contributed by atoms with Gasteiger partial charge in [-0.1, -0.05) is 6.07 Å². The molecule has 0 radical (unpaired) electrons. The van der Waals surface area contributed by atoms with Gasteiger partial charge in [-0.3, -0.25) is 14.5 Å². The molecule has 3 N–H and O–H groups in total. The lowest BCUT2D eigenvalue weighted by Gasteiger charge is -2.63. The standard InChI is InChI=1S/C28H30N2O5S/c1-36-18-7-5-17(6-8-18)29-26(33)19-13-28(34)21-12-16-4-9-20(31)24-22(16)27(28,25(35-24)23(19)32)10-11-30(21)14-15-2-3-15/h4-9,15,19,21,25,31,34H,2-3,10-14H2,1H3,(H,29,33)/t19?,21-,25+,27+,28-/m1/s1. The minimum absolute atomic E-state index is 0.0126. The first kappa shape index (κ1) is 22.6. The number of phenolic OH excluding ortho intramolecular Hbond substituents is 1. The molecule has 188 valence electrons. The summed E-state index contributed by atoms with van der Waals surface area (Å²) in [7, 11) is 0. The normalized spacial score (nSPS) is 34.2. The van der Waals surface area contributed by atoms with Gasteiger partial charge in [-0.2, -0.15) is 0 Å². The van der Waals surface area contributed by atoms with Gasteiger partial charge in [-0.15, -0.1) is 11.8 Å². The molecule has 1 spiro atoms. The SMILES string of the molecule is CSc1ccc(NC(=O)C2C[C@@]3(O)[C@H]4Cc5ccc(O)c6c5[C@@]3(CCN4CC3CC3)[C@@H](O6)C2=O)cc1. The number of Topliss-reactive ketones (excluding diaryl/α,β-unsaturated/α-hetero) is 1. The molecular weight excluding hydrogens is 476 g/mol. The molecule has 8 heteroatoms. The molecule has 1 unspecified atom stereocenters. The summed E-state index contributed by atoms with van der Waals surface area (Å²) < 4.78 is 6.22. The minimum Gasteiger partial charge on any atom is -0.504 e. The molecule has 2 saturated carbocycles. The second-order valence-electron chi connectivity index (χ2n) is 11.1. The number of phenols is 1. The first-order chi connectivity index (χ1) is 17.4. The van der Waals surface area contributed by atoms with Gasteiger partial charge in [0.1, 0.15) is 5.92 Å².